The zero-order valence-corrected chi connectivity index (χ0v) is 19.4. The number of unbranched alkanes of at least 4 members (excludes halogenated alkanes) is 3. The number of thioether (sulfide) groups is 1. The van der Waals surface area contributed by atoms with Gasteiger partial charge in [-0.05, 0) is 49.3 Å². The Balaban J connectivity index is 2.17. The van der Waals surface area contributed by atoms with E-state index in [-0.39, 0.29) is 18.4 Å². The van der Waals surface area contributed by atoms with Gasteiger partial charge in [0, 0.05) is 38.2 Å². The van der Waals surface area contributed by atoms with Gasteiger partial charge in [-0.15, -0.1) is 0 Å². The van der Waals surface area contributed by atoms with E-state index in [0.717, 1.165) is 31.4 Å². The Morgan fingerprint density at radius 2 is 1.77 bits per heavy atom. The molecule has 1 unspecified atom stereocenters. The van der Waals surface area contributed by atoms with Crippen LogP contribution in [0.1, 0.15) is 42.5 Å². The molecule has 0 aromatic heterocycles. The predicted molar refractivity (Wildman–Crippen MR) is 121 cm³/mol. The Morgan fingerprint density at radius 1 is 1.07 bits per heavy atom. The van der Waals surface area contributed by atoms with Crippen LogP contribution in [0.5, 0.6) is 0 Å². The van der Waals surface area contributed by atoms with Gasteiger partial charge in [-0.1, -0.05) is 12.8 Å². The van der Waals surface area contributed by atoms with Crippen LogP contribution in [0.2, 0.25) is 0 Å². The van der Waals surface area contributed by atoms with Gasteiger partial charge in [0.1, 0.15) is 0 Å². The maximum atomic E-state index is 12.2. The zero-order chi connectivity index (χ0) is 22.2. The minimum atomic E-state index is -3.38. The molecule has 1 aromatic rings. The van der Waals surface area contributed by atoms with Crippen LogP contribution in [0.25, 0.3) is 0 Å². The van der Waals surface area contributed by atoms with E-state index < -0.39 is 7.60 Å². The standard InChI is InChI=1S/C20H33N2O6PS/c1-27-13-7-15-30-16-19(23)22-18-10-8-17(9-11-18)20(24)21-12-5-3-4-6-14-28-29(2,25)26/h8-11H,3-7,12-16H2,1-2H3,(H,21,24)(H,22,23)(H,25,26). The highest BCUT2D eigenvalue weighted by molar-refractivity contribution is 7.99. The van der Waals surface area contributed by atoms with Crippen LogP contribution in [-0.2, 0) is 18.6 Å². The van der Waals surface area contributed by atoms with Gasteiger partial charge in [-0.2, -0.15) is 11.8 Å². The molecule has 1 rings (SSSR count). The van der Waals surface area contributed by atoms with Crippen molar-refractivity contribution < 1.29 is 28.3 Å². The van der Waals surface area contributed by atoms with E-state index in [2.05, 4.69) is 10.6 Å². The van der Waals surface area contributed by atoms with Crippen LogP contribution in [0.4, 0.5) is 5.69 Å². The highest BCUT2D eigenvalue weighted by Gasteiger charge is 2.09. The molecule has 0 spiro atoms. The van der Waals surface area contributed by atoms with Crippen molar-refractivity contribution in [3.63, 3.8) is 0 Å². The van der Waals surface area contributed by atoms with Gasteiger partial charge in [0.2, 0.25) is 5.91 Å². The summed E-state index contributed by atoms with van der Waals surface area (Å²) < 4.78 is 20.7. The molecule has 10 heteroatoms. The van der Waals surface area contributed by atoms with Gasteiger partial charge in [0.25, 0.3) is 5.91 Å². The Hall–Kier alpha value is -1.38. The summed E-state index contributed by atoms with van der Waals surface area (Å²) in [6.45, 7) is 2.70. The Bertz CT molecular complexity index is 680. The molecular formula is C20H33N2O6PS. The summed E-state index contributed by atoms with van der Waals surface area (Å²) in [6, 6.07) is 6.81. The largest absolute Gasteiger partial charge is 0.385 e. The van der Waals surface area contributed by atoms with Crippen LogP contribution in [0, 0.1) is 0 Å². The fourth-order valence-corrected chi connectivity index (χ4v) is 3.68. The first-order valence-electron chi connectivity index (χ1n) is 10.0. The molecule has 0 aliphatic rings. The Morgan fingerprint density at radius 3 is 2.43 bits per heavy atom. The fraction of sp³-hybridized carbons (Fsp3) is 0.600. The van der Waals surface area contributed by atoms with Gasteiger partial charge in [0.05, 0.1) is 12.4 Å². The lowest BCUT2D eigenvalue weighted by atomic mass is 10.1. The van der Waals surface area contributed by atoms with Gasteiger partial charge < -0.3 is 24.8 Å². The Labute approximate surface area is 183 Å². The fourth-order valence-electron chi connectivity index (χ4n) is 2.49. The molecule has 0 fully saturated rings. The first kappa shape index (κ1) is 26.7. The second-order valence-electron chi connectivity index (χ2n) is 6.83. The normalized spacial score (nSPS) is 12.9. The maximum Gasteiger partial charge on any atom is 0.325 e. The third kappa shape index (κ3) is 13.8. The second kappa shape index (κ2) is 15.4. The quantitative estimate of drug-likeness (QED) is 0.255. The van der Waals surface area contributed by atoms with Crippen molar-refractivity contribution in [1.29, 1.82) is 0 Å². The van der Waals surface area contributed by atoms with Crippen LogP contribution in [0.3, 0.4) is 0 Å². The minimum Gasteiger partial charge on any atom is -0.385 e. The lowest BCUT2D eigenvalue weighted by molar-refractivity contribution is -0.113. The molecule has 0 aliphatic heterocycles. The van der Waals surface area contributed by atoms with E-state index in [1.165, 1.54) is 6.66 Å². The topological polar surface area (TPSA) is 114 Å². The van der Waals surface area contributed by atoms with E-state index in [1.807, 2.05) is 0 Å². The number of hydrogen-bond acceptors (Lipinski definition) is 6. The number of nitrogens with one attached hydrogen (secondary N) is 2. The van der Waals surface area contributed by atoms with Crippen LogP contribution >= 0.6 is 19.4 Å². The van der Waals surface area contributed by atoms with Crippen molar-refractivity contribution in [2.45, 2.75) is 32.1 Å². The van der Waals surface area contributed by atoms with Crippen molar-refractivity contribution in [3.05, 3.63) is 29.8 Å². The Kier molecular flexibility index (Phi) is 13.7. The zero-order valence-electron chi connectivity index (χ0n) is 17.7. The third-order valence-corrected chi connectivity index (χ3v) is 5.69. The highest BCUT2D eigenvalue weighted by Crippen LogP contribution is 2.36. The van der Waals surface area contributed by atoms with Crippen molar-refractivity contribution in [1.82, 2.24) is 5.32 Å². The molecule has 3 N–H and O–H groups in total. The van der Waals surface area contributed by atoms with Crippen molar-refractivity contribution in [2.24, 2.45) is 0 Å². The molecular weight excluding hydrogens is 427 g/mol. The SMILES string of the molecule is COCCCSCC(=O)Nc1ccc(C(=O)NCCCCCCOP(C)(=O)O)cc1. The van der Waals surface area contributed by atoms with Crippen LogP contribution in [-0.4, -0.2) is 61.7 Å². The summed E-state index contributed by atoms with van der Waals surface area (Å²) in [7, 11) is -1.72. The molecule has 0 bridgehead atoms. The molecule has 30 heavy (non-hydrogen) atoms. The van der Waals surface area contributed by atoms with Gasteiger partial charge in [0.15, 0.2) is 0 Å². The van der Waals surface area contributed by atoms with E-state index in [1.54, 1.807) is 43.1 Å². The molecule has 2 amide bonds. The number of carbonyl (C=O) groups is 2. The maximum absolute atomic E-state index is 12.2. The molecule has 170 valence electrons. The summed E-state index contributed by atoms with van der Waals surface area (Å²) in [5.41, 5.74) is 1.20. The van der Waals surface area contributed by atoms with E-state index in [4.69, 9.17) is 14.2 Å². The smallest absolute Gasteiger partial charge is 0.325 e. The van der Waals surface area contributed by atoms with Crippen LogP contribution in [0.15, 0.2) is 24.3 Å². The number of benzene rings is 1. The first-order valence-corrected chi connectivity index (χ1v) is 13.2. The van der Waals surface area contributed by atoms with E-state index >= 15 is 0 Å². The van der Waals surface area contributed by atoms with E-state index in [9.17, 15) is 14.2 Å². The highest BCUT2D eigenvalue weighted by atomic mass is 32.2. The molecule has 0 saturated carbocycles. The van der Waals surface area contributed by atoms with Crippen molar-refractivity contribution >= 4 is 36.9 Å². The summed E-state index contributed by atoms with van der Waals surface area (Å²) in [6.07, 6.45) is 4.22. The molecule has 8 nitrogen and oxygen atoms in total. The first-order chi connectivity index (χ1) is 14.3. The number of ether oxygens (including phenoxy) is 1. The molecule has 1 atom stereocenters. The minimum absolute atomic E-state index is 0.0687. The van der Waals surface area contributed by atoms with E-state index in [0.29, 0.717) is 36.6 Å². The average Bonchev–Trinajstić information content (AvgIpc) is 2.69. The molecule has 1 aromatic carbocycles. The lowest BCUT2D eigenvalue weighted by Crippen LogP contribution is -2.24. The van der Waals surface area contributed by atoms with Crippen LogP contribution < -0.4 is 10.6 Å². The molecule has 0 aliphatic carbocycles. The monoisotopic (exact) mass is 460 g/mol. The summed E-state index contributed by atoms with van der Waals surface area (Å²) in [5, 5.41) is 5.68. The number of amides is 2. The van der Waals surface area contributed by atoms with Gasteiger partial charge in [-0.25, -0.2) is 0 Å². The predicted octanol–water partition coefficient (Wildman–Crippen LogP) is 3.52. The summed E-state index contributed by atoms with van der Waals surface area (Å²) in [4.78, 5) is 33.1. The average molecular weight is 461 g/mol. The molecule has 0 heterocycles. The second-order valence-corrected chi connectivity index (χ2v) is 9.80. The number of rotatable bonds is 16. The number of anilines is 1. The summed E-state index contributed by atoms with van der Waals surface area (Å²) >= 11 is 1.56. The number of hydrogen-bond donors (Lipinski definition) is 3. The summed E-state index contributed by atoms with van der Waals surface area (Å²) in [5.74, 6) is 1.03. The molecule has 0 radical (unpaired) electrons. The third-order valence-electron chi connectivity index (χ3n) is 3.99. The van der Waals surface area contributed by atoms with Gasteiger partial charge in [-0.3, -0.25) is 14.2 Å². The number of carbonyl (C=O) groups excluding carboxylic acids is 2. The van der Waals surface area contributed by atoms with Crippen molar-refractivity contribution in [2.75, 3.05) is 50.4 Å². The number of methoxy groups -OCH3 is 1. The van der Waals surface area contributed by atoms with Crippen molar-refractivity contribution in [3.8, 4) is 0 Å². The van der Waals surface area contributed by atoms with Gasteiger partial charge >= 0.3 is 7.60 Å². The lowest BCUT2D eigenvalue weighted by Gasteiger charge is -2.08. The molecule has 0 saturated heterocycles.